The topological polar surface area (TPSA) is 57.7 Å². The zero-order chi connectivity index (χ0) is 16.3. The maximum Gasteiger partial charge on any atom is 0.237 e. The van der Waals surface area contributed by atoms with Crippen molar-refractivity contribution in [1.82, 2.24) is 9.80 Å². The van der Waals surface area contributed by atoms with E-state index < -0.39 is 9.84 Å². The van der Waals surface area contributed by atoms with Crippen LogP contribution in [0.2, 0.25) is 0 Å². The van der Waals surface area contributed by atoms with E-state index in [0.717, 1.165) is 0 Å². The summed E-state index contributed by atoms with van der Waals surface area (Å²) in [6, 6.07) is 6.21. The number of halogens is 1. The fourth-order valence-electron chi connectivity index (χ4n) is 2.65. The van der Waals surface area contributed by atoms with Crippen LogP contribution in [0.25, 0.3) is 0 Å². The summed E-state index contributed by atoms with van der Waals surface area (Å²) in [7, 11) is -3.07. The molecule has 0 saturated carbocycles. The van der Waals surface area contributed by atoms with Crippen molar-refractivity contribution in [3.63, 3.8) is 0 Å². The lowest BCUT2D eigenvalue weighted by atomic mass is 10.1. The van der Waals surface area contributed by atoms with Crippen LogP contribution in [0.5, 0.6) is 0 Å². The highest BCUT2D eigenvalue weighted by Crippen LogP contribution is 2.14. The van der Waals surface area contributed by atoms with Crippen LogP contribution >= 0.6 is 0 Å². The molecule has 0 radical (unpaired) electrons. The van der Waals surface area contributed by atoms with Gasteiger partial charge < -0.3 is 4.90 Å². The molecule has 0 bridgehead atoms. The van der Waals surface area contributed by atoms with E-state index in [0.29, 0.717) is 18.7 Å². The molecule has 7 heteroatoms. The van der Waals surface area contributed by atoms with E-state index in [2.05, 4.69) is 0 Å². The van der Waals surface area contributed by atoms with Gasteiger partial charge in [0.1, 0.15) is 15.7 Å². The zero-order valence-corrected chi connectivity index (χ0v) is 13.6. The molecule has 1 heterocycles. The van der Waals surface area contributed by atoms with Gasteiger partial charge in [0.2, 0.25) is 5.91 Å². The summed E-state index contributed by atoms with van der Waals surface area (Å²) in [5.74, 6) is -0.383. The van der Waals surface area contributed by atoms with Crippen molar-refractivity contribution >= 4 is 15.7 Å². The second-order valence-electron chi connectivity index (χ2n) is 5.82. The minimum atomic E-state index is -3.07. The Bertz CT molecular complexity index is 648. The van der Waals surface area contributed by atoms with Crippen molar-refractivity contribution in [2.45, 2.75) is 19.5 Å². The summed E-state index contributed by atoms with van der Waals surface area (Å²) in [6.45, 7) is 3.30. The van der Waals surface area contributed by atoms with Crippen molar-refractivity contribution in [1.29, 1.82) is 0 Å². The van der Waals surface area contributed by atoms with E-state index in [4.69, 9.17) is 0 Å². The molecule has 122 valence electrons. The molecule has 0 spiro atoms. The lowest BCUT2D eigenvalue weighted by Crippen LogP contribution is -2.53. The highest BCUT2D eigenvalue weighted by atomic mass is 32.2. The molecule has 1 amide bonds. The van der Waals surface area contributed by atoms with Gasteiger partial charge in [-0.1, -0.05) is 18.2 Å². The summed E-state index contributed by atoms with van der Waals surface area (Å²) in [5, 5.41) is 0. The molecule has 1 unspecified atom stereocenters. The van der Waals surface area contributed by atoms with E-state index in [-0.39, 0.29) is 36.6 Å². The first-order valence-electron chi connectivity index (χ1n) is 7.19. The minimum absolute atomic E-state index is 0.0353. The number of carbonyl (C=O) groups excluding carboxylic acids is 1. The maximum absolute atomic E-state index is 13.6. The van der Waals surface area contributed by atoms with Gasteiger partial charge in [0.15, 0.2) is 0 Å². The molecule has 2 rings (SSSR count). The second-order valence-corrected chi connectivity index (χ2v) is 8.00. The number of hydrogen-bond acceptors (Lipinski definition) is 4. The normalized spacial score (nSPS) is 18.5. The summed E-state index contributed by atoms with van der Waals surface area (Å²) < 4.78 is 36.3. The van der Waals surface area contributed by atoms with Gasteiger partial charge in [0, 0.05) is 37.5 Å². The Balaban J connectivity index is 1.96. The van der Waals surface area contributed by atoms with E-state index in [9.17, 15) is 17.6 Å². The molecular weight excluding hydrogens is 307 g/mol. The first kappa shape index (κ1) is 16.9. The van der Waals surface area contributed by atoms with Crippen LogP contribution in [-0.4, -0.2) is 61.8 Å². The van der Waals surface area contributed by atoms with Crippen LogP contribution in [0, 0.1) is 5.82 Å². The number of nitrogens with zero attached hydrogens (tertiary/aromatic N) is 2. The predicted molar refractivity (Wildman–Crippen MR) is 82.6 cm³/mol. The van der Waals surface area contributed by atoms with Crippen molar-refractivity contribution < 1.29 is 17.6 Å². The quantitative estimate of drug-likeness (QED) is 0.806. The molecule has 1 fully saturated rings. The number of carbonyl (C=O) groups is 1. The molecule has 0 N–H and O–H groups in total. The van der Waals surface area contributed by atoms with Crippen LogP contribution in [0.3, 0.4) is 0 Å². The minimum Gasteiger partial charge on any atom is -0.336 e. The third kappa shape index (κ3) is 4.51. The molecule has 5 nitrogen and oxygen atoms in total. The predicted octanol–water partition coefficient (Wildman–Crippen LogP) is 0.903. The van der Waals surface area contributed by atoms with Gasteiger partial charge in [-0.15, -0.1) is 0 Å². The number of rotatable bonds is 5. The van der Waals surface area contributed by atoms with E-state index in [1.807, 2.05) is 4.90 Å². The lowest BCUT2D eigenvalue weighted by molar-refractivity contribution is -0.137. The molecule has 1 saturated heterocycles. The SMILES string of the molecule is CC(CS(C)(=O)=O)N1CCN(Cc2ccccc2F)C(=O)C1. The Morgan fingerprint density at radius 2 is 1.95 bits per heavy atom. The molecule has 22 heavy (non-hydrogen) atoms. The number of benzene rings is 1. The standard InChI is InChI=1S/C15H21FN2O3S/c1-12(11-22(2,20)21)17-7-8-18(15(19)10-17)9-13-5-3-4-6-14(13)16/h3-6,12H,7-11H2,1-2H3. The first-order valence-corrected chi connectivity index (χ1v) is 9.25. The monoisotopic (exact) mass is 328 g/mol. The van der Waals surface area contributed by atoms with Gasteiger partial charge in [-0.05, 0) is 13.0 Å². The molecule has 1 aromatic rings. The van der Waals surface area contributed by atoms with Gasteiger partial charge in [-0.3, -0.25) is 9.69 Å². The molecule has 0 aliphatic carbocycles. The van der Waals surface area contributed by atoms with Crippen LogP contribution in [0.1, 0.15) is 12.5 Å². The van der Waals surface area contributed by atoms with Crippen LogP contribution in [0.4, 0.5) is 4.39 Å². The highest BCUT2D eigenvalue weighted by molar-refractivity contribution is 7.90. The molecule has 1 aliphatic rings. The Kier molecular flexibility index (Phi) is 5.18. The number of amides is 1. The number of piperazine rings is 1. The van der Waals surface area contributed by atoms with Gasteiger partial charge in [-0.25, -0.2) is 12.8 Å². The van der Waals surface area contributed by atoms with Crippen molar-refractivity contribution in [3.05, 3.63) is 35.6 Å². The Morgan fingerprint density at radius 3 is 2.55 bits per heavy atom. The number of hydrogen-bond donors (Lipinski definition) is 0. The smallest absolute Gasteiger partial charge is 0.237 e. The van der Waals surface area contributed by atoms with Gasteiger partial charge in [-0.2, -0.15) is 0 Å². The van der Waals surface area contributed by atoms with Gasteiger partial charge in [0.25, 0.3) is 0 Å². The third-order valence-corrected chi connectivity index (χ3v) is 4.92. The average Bonchev–Trinajstić information content (AvgIpc) is 2.41. The van der Waals surface area contributed by atoms with E-state index in [1.54, 1.807) is 30.0 Å². The van der Waals surface area contributed by atoms with Gasteiger partial charge >= 0.3 is 0 Å². The van der Waals surface area contributed by atoms with Crippen LogP contribution in [-0.2, 0) is 21.2 Å². The molecule has 0 aromatic heterocycles. The van der Waals surface area contributed by atoms with Crippen molar-refractivity contribution in [2.24, 2.45) is 0 Å². The number of sulfone groups is 1. The maximum atomic E-state index is 13.6. The first-order chi connectivity index (χ1) is 10.3. The molecule has 1 aromatic carbocycles. The highest BCUT2D eigenvalue weighted by Gasteiger charge is 2.28. The Labute approximate surface area is 130 Å². The van der Waals surface area contributed by atoms with Crippen molar-refractivity contribution in [3.8, 4) is 0 Å². The van der Waals surface area contributed by atoms with E-state index >= 15 is 0 Å². The van der Waals surface area contributed by atoms with Gasteiger partial charge in [0.05, 0.1) is 12.3 Å². The Hall–Kier alpha value is -1.47. The fraction of sp³-hybridized carbons (Fsp3) is 0.533. The zero-order valence-electron chi connectivity index (χ0n) is 12.8. The van der Waals surface area contributed by atoms with Crippen LogP contribution < -0.4 is 0 Å². The second kappa shape index (κ2) is 6.75. The van der Waals surface area contributed by atoms with Crippen molar-refractivity contribution in [2.75, 3.05) is 31.6 Å². The summed E-state index contributed by atoms with van der Waals surface area (Å²) >= 11 is 0. The molecular formula is C15H21FN2O3S. The summed E-state index contributed by atoms with van der Waals surface area (Å²) in [5.41, 5.74) is 0.494. The fourth-order valence-corrected chi connectivity index (χ4v) is 3.73. The largest absolute Gasteiger partial charge is 0.336 e. The lowest BCUT2D eigenvalue weighted by Gasteiger charge is -2.37. The molecule has 1 atom stereocenters. The summed E-state index contributed by atoms with van der Waals surface area (Å²) in [4.78, 5) is 15.7. The Morgan fingerprint density at radius 1 is 1.27 bits per heavy atom. The summed E-state index contributed by atoms with van der Waals surface area (Å²) in [6.07, 6.45) is 1.19. The van der Waals surface area contributed by atoms with Crippen LogP contribution in [0.15, 0.2) is 24.3 Å². The third-order valence-electron chi connectivity index (χ3n) is 3.83. The van der Waals surface area contributed by atoms with E-state index in [1.165, 1.54) is 12.3 Å². The average molecular weight is 328 g/mol. The molecule has 1 aliphatic heterocycles.